The second-order valence-corrected chi connectivity index (χ2v) is 2.87. The molecule has 0 aromatic rings. The van der Waals surface area contributed by atoms with Crippen LogP contribution in [-0.2, 0) is 4.79 Å². The molecule has 14 heavy (non-hydrogen) atoms. The van der Waals surface area contributed by atoms with Crippen LogP contribution in [0.5, 0.6) is 0 Å². The summed E-state index contributed by atoms with van der Waals surface area (Å²) in [6, 6.07) is 0. The van der Waals surface area contributed by atoms with Gasteiger partial charge >= 0.3 is 0 Å². The molecule has 0 aromatic carbocycles. The molecule has 0 rings (SSSR count). The second kappa shape index (κ2) is 6.84. The highest BCUT2D eigenvalue weighted by atomic mass is 16.1. The molecule has 0 saturated heterocycles. The Hall–Kier alpha value is -1.63. The van der Waals surface area contributed by atoms with E-state index in [9.17, 15) is 4.79 Å². The summed E-state index contributed by atoms with van der Waals surface area (Å²) in [5.41, 5.74) is 1.48. The number of hydrogen-bond acceptors (Lipinski definition) is 1. The zero-order valence-corrected chi connectivity index (χ0v) is 8.79. The molecule has 0 bridgehead atoms. The molecule has 0 aliphatic heterocycles. The highest BCUT2D eigenvalue weighted by Crippen LogP contribution is 2.00. The van der Waals surface area contributed by atoms with Crippen molar-refractivity contribution in [3.05, 3.63) is 60.8 Å². The highest BCUT2D eigenvalue weighted by Gasteiger charge is 1.96. The molecule has 0 N–H and O–H groups in total. The number of hydrogen-bond donors (Lipinski definition) is 0. The molecule has 0 aliphatic rings. The van der Waals surface area contributed by atoms with Crippen LogP contribution in [0, 0.1) is 0 Å². The van der Waals surface area contributed by atoms with Gasteiger partial charge in [-0.15, -0.1) is 0 Å². The van der Waals surface area contributed by atoms with E-state index in [4.69, 9.17) is 0 Å². The fraction of sp³-hybridized carbons (Fsp3) is 0.154. The predicted molar refractivity (Wildman–Crippen MR) is 62.1 cm³/mol. The van der Waals surface area contributed by atoms with Crippen LogP contribution in [-0.4, -0.2) is 5.78 Å². The quantitative estimate of drug-likeness (QED) is 0.477. The van der Waals surface area contributed by atoms with Crippen molar-refractivity contribution in [2.24, 2.45) is 0 Å². The van der Waals surface area contributed by atoms with E-state index < -0.39 is 0 Å². The summed E-state index contributed by atoms with van der Waals surface area (Å²) in [7, 11) is 0. The van der Waals surface area contributed by atoms with Gasteiger partial charge in [-0.3, -0.25) is 4.79 Å². The molecule has 0 atom stereocenters. The molecule has 0 radical (unpaired) electrons. The number of carbonyl (C=O) groups is 1. The minimum Gasteiger partial charge on any atom is -0.289 e. The predicted octanol–water partition coefficient (Wildman–Crippen LogP) is 3.38. The van der Waals surface area contributed by atoms with Crippen molar-refractivity contribution in [2.75, 3.05) is 0 Å². The summed E-state index contributed by atoms with van der Waals surface area (Å²) in [5, 5.41) is 0. The zero-order chi connectivity index (χ0) is 11.0. The first-order chi connectivity index (χ1) is 6.61. The van der Waals surface area contributed by atoms with Crippen LogP contribution in [0.3, 0.4) is 0 Å². The van der Waals surface area contributed by atoms with Crippen LogP contribution < -0.4 is 0 Å². The van der Waals surface area contributed by atoms with Crippen LogP contribution in [0.15, 0.2) is 60.8 Å². The van der Waals surface area contributed by atoms with Gasteiger partial charge in [-0.05, 0) is 19.9 Å². The Labute approximate surface area is 85.8 Å². The van der Waals surface area contributed by atoms with E-state index in [0.29, 0.717) is 5.57 Å². The van der Waals surface area contributed by atoms with Gasteiger partial charge in [0.05, 0.1) is 0 Å². The van der Waals surface area contributed by atoms with Crippen LogP contribution in [0.4, 0.5) is 0 Å². The lowest BCUT2D eigenvalue weighted by Gasteiger charge is -1.92. The molecule has 0 amide bonds. The van der Waals surface area contributed by atoms with Gasteiger partial charge < -0.3 is 0 Å². The average molecular weight is 188 g/mol. The van der Waals surface area contributed by atoms with E-state index in [1.807, 2.05) is 19.9 Å². The van der Waals surface area contributed by atoms with E-state index in [1.54, 1.807) is 24.3 Å². The Morgan fingerprint density at radius 1 is 1.21 bits per heavy atom. The standard InChI is InChI=1S/C13H16O/c1-5-7-11(3)9-10-13(14)12(4)8-6-2/h5-10H,1,4H2,2-3H3/b8-6?,10-9+,11-7+. The van der Waals surface area contributed by atoms with Gasteiger partial charge in [0.2, 0.25) is 0 Å². The van der Waals surface area contributed by atoms with E-state index in [0.717, 1.165) is 5.57 Å². The lowest BCUT2D eigenvalue weighted by molar-refractivity contribution is -0.111. The Morgan fingerprint density at radius 3 is 2.36 bits per heavy atom. The van der Waals surface area contributed by atoms with Gasteiger partial charge in [0, 0.05) is 5.57 Å². The normalized spacial score (nSPS) is 12.3. The molecular formula is C13H16O. The van der Waals surface area contributed by atoms with Gasteiger partial charge in [0.15, 0.2) is 5.78 Å². The first kappa shape index (κ1) is 12.4. The number of allylic oxidation sites excluding steroid dienone is 8. The van der Waals surface area contributed by atoms with Crippen molar-refractivity contribution in [1.82, 2.24) is 0 Å². The number of rotatable bonds is 5. The fourth-order valence-corrected chi connectivity index (χ4v) is 0.839. The first-order valence-corrected chi connectivity index (χ1v) is 4.45. The summed E-state index contributed by atoms with van der Waals surface area (Å²) in [5.74, 6) is -0.0695. The van der Waals surface area contributed by atoms with Gasteiger partial charge in [-0.25, -0.2) is 0 Å². The third-order valence-corrected chi connectivity index (χ3v) is 1.56. The summed E-state index contributed by atoms with van der Waals surface area (Å²) in [6.07, 6.45) is 10.3. The second-order valence-electron chi connectivity index (χ2n) is 2.87. The smallest absolute Gasteiger partial charge is 0.185 e. The summed E-state index contributed by atoms with van der Waals surface area (Å²) in [4.78, 5) is 11.4. The highest BCUT2D eigenvalue weighted by molar-refractivity contribution is 6.05. The topological polar surface area (TPSA) is 17.1 Å². The Kier molecular flexibility index (Phi) is 6.04. The molecule has 0 heterocycles. The zero-order valence-electron chi connectivity index (χ0n) is 8.79. The summed E-state index contributed by atoms with van der Waals surface area (Å²) in [6.45, 7) is 11.0. The first-order valence-electron chi connectivity index (χ1n) is 4.45. The third-order valence-electron chi connectivity index (χ3n) is 1.56. The monoisotopic (exact) mass is 188 g/mol. The van der Waals surface area contributed by atoms with E-state index in [2.05, 4.69) is 13.2 Å². The molecule has 1 heteroatoms. The fourth-order valence-electron chi connectivity index (χ4n) is 0.839. The maximum absolute atomic E-state index is 11.4. The summed E-state index contributed by atoms with van der Waals surface area (Å²) < 4.78 is 0. The Morgan fingerprint density at radius 2 is 1.86 bits per heavy atom. The van der Waals surface area contributed by atoms with Crippen molar-refractivity contribution >= 4 is 5.78 Å². The van der Waals surface area contributed by atoms with Crippen LogP contribution in [0.2, 0.25) is 0 Å². The van der Waals surface area contributed by atoms with Crippen molar-refractivity contribution in [2.45, 2.75) is 13.8 Å². The van der Waals surface area contributed by atoms with Crippen molar-refractivity contribution < 1.29 is 4.79 Å². The van der Waals surface area contributed by atoms with E-state index >= 15 is 0 Å². The molecule has 0 aromatic heterocycles. The van der Waals surface area contributed by atoms with E-state index in [-0.39, 0.29) is 5.78 Å². The van der Waals surface area contributed by atoms with Crippen molar-refractivity contribution in [3.8, 4) is 0 Å². The lowest BCUT2D eigenvalue weighted by atomic mass is 10.1. The van der Waals surface area contributed by atoms with Crippen molar-refractivity contribution in [1.29, 1.82) is 0 Å². The maximum atomic E-state index is 11.4. The number of ketones is 1. The van der Waals surface area contributed by atoms with Crippen LogP contribution in [0.1, 0.15) is 13.8 Å². The molecule has 0 spiro atoms. The molecule has 0 fully saturated rings. The third kappa shape index (κ3) is 5.09. The SMILES string of the molecule is C=C/C=C(C)/C=C/C(=O)C(=C)C=CC. The average Bonchev–Trinajstić information content (AvgIpc) is 2.15. The molecule has 74 valence electrons. The van der Waals surface area contributed by atoms with Crippen LogP contribution >= 0.6 is 0 Å². The molecule has 0 aliphatic carbocycles. The number of carbonyl (C=O) groups excluding carboxylic acids is 1. The maximum Gasteiger partial charge on any atom is 0.185 e. The Balaban J connectivity index is 4.39. The minimum atomic E-state index is -0.0695. The minimum absolute atomic E-state index is 0.0695. The van der Waals surface area contributed by atoms with Gasteiger partial charge in [0.25, 0.3) is 0 Å². The van der Waals surface area contributed by atoms with Crippen molar-refractivity contribution in [3.63, 3.8) is 0 Å². The van der Waals surface area contributed by atoms with Crippen LogP contribution in [0.25, 0.3) is 0 Å². The molecule has 0 unspecified atom stereocenters. The molecule has 1 nitrogen and oxygen atoms in total. The van der Waals surface area contributed by atoms with Gasteiger partial charge in [-0.2, -0.15) is 0 Å². The van der Waals surface area contributed by atoms with E-state index in [1.165, 1.54) is 6.08 Å². The van der Waals surface area contributed by atoms with Gasteiger partial charge in [-0.1, -0.05) is 49.1 Å². The largest absolute Gasteiger partial charge is 0.289 e. The Bertz CT molecular complexity index is 314. The molecular weight excluding hydrogens is 172 g/mol. The van der Waals surface area contributed by atoms with Gasteiger partial charge in [0.1, 0.15) is 0 Å². The molecule has 0 saturated carbocycles. The lowest BCUT2D eigenvalue weighted by Crippen LogP contribution is -1.93. The summed E-state index contributed by atoms with van der Waals surface area (Å²) >= 11 is 0.